The summed E-state index contributed by atoms with van der Waals surface area (Å²) in [5, 5.41) is 11.3. The van der Waals surface area contributed by atoms with Crippen LogP contribution in [-0.4, -0.2) is 81.2 Å². The number of nitrogens with two attached hydrogens (primary N) is 1. The number of hydrogen-bond acceptors (Lipinski definition) is 10. The molecule has 6 heterocycles. The van der Waals surface area contributed by atoms with Gasteiger partial charge in [0.15, 0.2) is 16.7 Å². The topological polar surface area (TPSA) is 110 Å². The van der Waals surface area contributed by atoms with E-state index in [1.54, 1.807) is 6.92 Å². The van der Waals surface area contributed by atoms with Gasteiger partial charge in [-0.25, -0.2) is 18.2 Å². The predicted octanol–water partition coefficient (Wildman–Crippen LogP) is 5.49. The molecule has 4 atom stereocenters. The van der Waals surface area contributed by atoms with Crippen molar-refractivity contribution in [2.24, 2.45) is 0 Å². The third kappa shape index (κ3) is 4.30. The Morgan fingerprint density at radius 2 is 2.02 bits per heavy atom. The molecule has 232 valence electrons. The van der Waals surface area contributed by atoms with Gasteiger partial charge >= 0.3 is 6.01 Å². The number of alkyl halides is 1. The second-order valence-corrected chi connectivity index (χ2v) is 14.1. The Morgan fingerprint density at radius 1 is 1.18 bits per heavy atom. The molecule has 0 saturated carbocycles. The lowest BCUT2D eigenvalue weighted by atomic mass is 9.88. The molecule has 4 aromatic rings. The maximum atomic E-state index is 16.9. The smallest absolute Gasteiger partial charge is 0.319 e. The van der Waals surface area contributed by atoms with Gasteiger partial charge in [-0.15, -0.1) is 0 Å². The van der Waals surface area contributed by atoms with E-state index in [2.05, 4.69) is 14.9 Å². The van der Waals surface area contributed by atoms with E-state index in [-0.39, 0.29) is 73.4 Å². The number of rotatable bonds is 4. The fraction of sp³-hybridized carbons (Fsp3) is 0.500. The van der Waals surface area contributed by atoms with Gasteiger partial charge < -0.3 is 25.2 Å². The number of nitrogen functional groups attached to an aromatic ring is 1. The molecule has 0 radical (unpaired) electrons. The van der Waals surface area contributed by atoms with Gasteiger partial charge in [0.2, 0.25) is 0 Å². The van der Waals surface area contributed by atoms with E-state index in [1.165, 1.54) is 12.1 Å². The van der Waals surface area contributed by atoms with Gasteiger partial charge in [-0.05, 0) is 51.3 Å². The maximum absolute atomic E-state index is 16.9. The van der Waals surface area contributed by atoms with Crippen molar-refractivity contribution in [2.45, 2.75) is 62.4 Å². The van der Waals surface area contributed by atoms with Crippen LogP contribution in [0.15, 0.2) is 12.1 Å². The highest BCUT2D eigenvalue weighted by Gasteiger charge is 2.49. The number of nitrogens with zero attached hydrogens (tertiary/aromatic N) is 5. The Hall–Kier alpha value is -3.13. The third-order valence-corrected chi connectivity index (χ3v) is 10.9. The van der Waals surface area contributed by atoms with Crippen molar-refractivity contribution in [3.8, 4) is 22.9 Å². The molecule has 3 unspecified atom stereocenters. The summed E-state index contributed by atoms with van der Waals surface area (Å²) in [5.74, 6) is -0.719. The summed E-state index contributed by atoms with van der Waals surface area (Å²) in [4.78, 5) is 17.7. The van der Waals surface area contributed by atoms with Crippen molar-refractivity contribution < 1.29 is 27.8 Å². The molecule has 3 N–H and O–H groups in total. The van der Waals surface area contributed by atoms with Crippen LogP contribution in [0.3, 0.4) is 0 Å². The van der Waals surface area contributed by atoms with Crippen LogP contribution in [0, 0.1) is 11.6 Å². The van der Waals surface area contributed by atoms with E-state index in [0.29, 0.717) is 38.2 Å². The highest BCUT2D eigenvalue weighted by Crippen LogP contribution is 2.51. The van der Waals surface area contributed by atoms with Gasteiger partial charge in [0.1, 0.15) is 36.5 Å². The zero-order chi connectivity index (χ0) is 30.5. The molecular formula is C30H30ClF3N6O3S. The first-order chi connectivity index (χ1) is 21.0. The van der Waals surface area contributed by atoms with Crippen LogP contribution >= 0.6 is 22.9 Å². The number of hydrogen-bond donors (Lipinski definition) is 2. The van der Waals surface area contributed by atoms with E-state index in [9.17, 15) is 13.9 Å². The minimum absolute atomic E-state index is 0.0277. The van der Waals surface area contributed by atoms with E-state index in [1.807, 2.05) is 4.90 Å². The number of ether oxygens (including phenoxy) is 2. The fourth-order valence-electron chi connectivity index (χ4n) is 7.59. The lowest BCUT2D eigenvalue weighted by molar-refractivity contribution is 0.0160. The largest absolute Gasteiger partial charge is 0.489 e. The molecule has 0 spiro atoms. The monoisotopic (exact) mass is 646 g/mol. The summed E-state index contributed by atoms with van der Waals surface area (Å²) in [6.07, 6.45) is 2.02. The summed E-state index contributed by atoms with van der Waals surface area (Å²) < 4.78 is 58.7. The highest BCUT2D eigenvalue weighted by atomic mass is 35.5. The number of thiazole rings is 1. The zero-order valence-electron chi connectivity index (χ0n) is 23.9. The first kappa shape index (κ1) is 28.4. The first-order valence-corrected chi connectivity index (χ1v) is 15.9. The minimum Gasteiger partial charge on any atom is -0.489 e. The van der Waals surface area contributed by atoms with Crippen LogP contribution in [0.2, 0.25) is 5.02 Å². The molecule has 4 aliphatic heterocycles. The van der Waals surface area contributed by atoms with Crippen molar-refractivity contribution in [3.05, 3.63) is 28.8 Å². The summed E-state index contributed by atoms with van der Waals surface area (Å²) >= 11 is 7.92. The Labute approximate surface area is 259 Å². The van der Waals surface area contributed by atoms with E-state index in [0.717, 1.165) is 30.7 Å². The minimum atomic E-state index is -0.933. The fourth-order valence-corrected chi connectivity index (χ4v) is 8.69. The van der Waals surface area contributed by atoms with Crippen molar-refractivity contribution >= 4 is 55.0 Å². The van der Waals surface area contributed by atoms with Gasteiger partial charge in [-0.1, -0.05) is 22.9 Å². The van der Waals surface area contributed by atoms with Crippen molar-refractivity contribution in [3.63, 3.8) is 0 Å². The number of fused-ring (bicyclic) bond motifs is 4. The number of aromatic nitrogens is 3. The second-order valence-electron chi connectivity index (χ2n) is 12.7. The molecule has 3 fully saturated rings. The van der Waals surface area contributed by atoms with Crippen LogP contribution in [0.1, 0.15) is 39.0 Å². The van der Waals surface area contributed by atoms with Crippen LogP contribution in [0.4, 0.5) is 24.1 Å². The molecular weight excluding hydrogens is 617 g/mol. The Bertz CT molecular complexity index is 1840. The average molecular weight is 647 g/mol. The standard InChI is InChI=1S/C30H30ClF3N6O3S/c1-29(41)6-8-40-15(10-29)12-42-24-19-23(21(34)18(20(24)31)16-3-4-17(33)25-22(16)36-27(35)44-25)37-28(38-26(19)40)43-13-30-5-2-7-39(30)11-14(32)9-30/h3-4,14-15,41H,2,5-13H2,1H3,(H2,35,36)/t14-,15?,29?,30?/m1/s1. The van der Waals surface area contributed by atoms with Gasteiger partial charge in [0, 0.05) is 30.6 Å². The second kappa shape index (κ2) is 9.93. The molecule has 9 nitrogen and oxygen atoms in total. The van der Waals surface area contributed by atoms with Crippen LogP contribution < -0.4 is 20.1 Å². The summed E-state index contributed by atoms with van der Waals surface area (Å²) in [7, 11) is 0. The Morgan fingerprint density at radius 3 is 2.86 bits per heavy atom. The molecule has 0 aliphatic carbocycles. The number of anilines is 2. The highest BCUT2D eigenvalue weighted by molar-refractivity contribution is 7.22. The zero-order valence-corrected chi connectivity index (χ0v) is 25.5. The molecule has 8 rings (SSSR count). The first-order valence-electron chi connectivity index (χ1n) is 14.7. The maximum Gasteiger partial charge on any atom is 0.319 e. The Balaban J connectivity index is 1.32. The van der Waals surface area contributed by atoms with Crippen LogP contribution in [-0.2, 0) is 0 Å². The molecule has 0 bridgehead atoms. The lowest BCUT2D eigenvalue weighted by Crippen LogP contribution is -2.51. The molecule has 0 amide bonds. The molecule has 14 heteroatoms. The van der Waals surface area contributed by atoms with Crippen molar-refractivity contribution in [1.82, 2.24) is 19.9 Å². The van der Waals surface area contributed by atoms with Gasteiger partial charge in [0.25, 0.3) is 0 Å². The quantitative estimate of drug-likeness (QED) is 0.298. The van der Waals surface area contributed by atoms with E-state index >= 15 is 4.39 Å². The SMILES string of the molecule is CC1(O)CCN2c3nc(OCC45CCCN4C[C@H](F)C5)nc4c(F)c(-c5ccc(F)c6sc(N)nc56)c(Cl)c(c34)OCC2C1. The molecule has 2 aromatic carbocycles. The van der Waals surface area contributed by atoms with Crippen molar-refractivity contribution in [2.75, 3.05) is 43.5 Å². The normalized spacial score (nSPS) is 28.3. The number of halogens is 4. The van der Waals surface area contributed by atoms with Gasteiger partial charge in [0.05, 0.1) is 37.8 Å². The van der Waals surface area contributed by atoms with E-state index < -0.39 is 28.9 Å². The number of aliphatic hydroxyl groups is 1. The summed E-state index contributed by atoms with van der Waals surface area (Å²) in [5.41, 5.74) is 4.83. The van der Waals surface area contributed by atoms with Crippen LogP contribution in [0.5, 0.6) is 11.8 Å². The molecule has 44 heavy (non-hydrogen) atoms. The third-order valence-electron chi connectivity index (χ3n) is 9.65. The van der Waals surface area contributed by atoms with Gasteiger partial charge in [-0.2, -0.15) is 9.97 Å². The number of benzene rings is 2. The van der Waals surface area contributed by atoms with Gasteiger partial charge in [-0.3, -0.25) is 4.90 Å². The van der Waals surface area contributed by atoms with E-state index in [4.69, 9.17) is 31.8 Å². The van der Waals surface area contributed by atoms with Crippen LogP contribution in [0.25, 0.3) is 32.2 Å². The lowest BCUT2D eigenvalue weighted by Gasteiger charge is -2.42. The number of piperidine rings is 1. The average Bonchev–Trinajstić information content (AvgIpc) is 3.61. The predicted molar refractivity (Wildman–Crippen MR) is 163 cm³/mol. The van der Waals surface area contributed by atoms with Crippen molar-refractivity contribution in [1.29, 1.82) is 0 Å². The Kier molecular flexibility index (Phi) is 6.40. The summed E-state index contributed by atoms with van der Waals surface area (Å²) in [6.45, 7) is 3.70. The molecule has 4 aliphatic rings. The summed E-state index contributed by atoms with van der Waals surface area (Å²) in [6, 6.07) is 2.30. The molecule has 3 saturated heterocycles. The molecule has 2 aromatic heterocycles.